The first-order valence-corrected chi connectivity index (χ1v) is 10.2. The van der Waals surface area contributed by atoms with E-state index in [1.54, 1.807) is 68.2 Å². The van der Waals surface area contributed by atoms with Crippen molar-refractivity contribution in [1.82, 2.24) is 18.7 Å². The van der Waals surface area contributed by atoms with Gasteiger partial charge in [0.2, 0.25) is 0 Å². The van der Waals surface area contributed by atoms with Gasteiger partial charge in [-0.1, -0.05) is 35.9 Å². The highest BCUT2D eigenvalue weighted by Gasteiger charge is 2.18. The summed E-state index contributed by atoms with van der Waals surface area (Å²) in [5, 5.41) is 0.578. The van der Waals surface area contributed by atoms with Crippen LogP contribution >= 0.6 is 11.6 Å². The summed E-state index contributed by atoms with van der Waals surface area (Å²) in [5.41, 5.74) is 1.99. The zero-order valence-corrected chi connectivity index (χ0v) is 18.1. The number of hydrogen-bond acceptors (Lipinski definition) is 4. The molecule has 0 aliphatic rings. The van der Waals surface area contributed by atoms with Gasteiger partial charge in [-0.25, -0.2) is 9.78 Å². The summed E-state index contributed by atoms with van der Waals surface area (Å²) in [7, 11) is 1.63. The van der Waals surface area contributed by atoms with E-state index in [9.17, 15) is 14.4 Å². The Hall–Kier alpha value is -3.45. The molecule has 7 nitrogen and oxygen atoms in total. The van der Waals surface area contributed by atoms with Crippen LogP contribution in [0.15, 0.2) is 64.4 Å². The maximum atomic E-state index is 12.7. The van der Waals surface area contributed by atoms with Crippen LogP contribution in [0, 0.1) is 0 Å². The molecule has 0 amide bonds. The van der Waals surface area contributed by atoms with E-state index < -0.39 is 5.56 Å². The first-order valence-electron chi connectivity index (χ1n) is 9.83. The summed E-state index contributed by atoms with van der Waals surface area (Å²) >= 11 is 5.89. The van der Waals surface area contributed by atoms with E-state index in [1.165, 1.54) is 9.13 Å². The summed E-state index contributed by atoms with van der Waals surface area (Å²) < 4.78 is 4.41. The van der Waals surface area contributed by atoms with Gasteiger partial charge in [-0.3, -0.25) is 18.7 Å². The maximum Gasteiger partial charge on any atom is 0.332 e. The number of hydrogen-bond donors (Lipinski definition) is 0. The highest BCUT2D eigenvalue weighted by Crippen LogP contribution is 2.16. The molecule has 8 heteroatoms. The van der Waals surface area contributed by atoms with Gasteiger partial charge in [-0.15, -0.1) is 0 Å². The number of carbonyl (C=O) groups is 1. The third-order valence-electron chi connectivity index (χ3n) is 5.23. The molecular weight excluding hydrogens is 416 g/mol. The molecular formula is C23H21ClN4O3. The molecule has 0 N–H and O–H groups in total. The number of imidazole rings is 1. The molecule has 0 unspecified atom stereocenters. The van der Waals surface area contributed by atoms with Crippen LogP contribution in [0.25, 0.3) is 11.2 Å². The number of aromatic nitrogens is 4. The Bertz CT molecular complexity index is 1390. The van der Waals surface area contributed by atoms with Gasteiger partial charge < -0.3 is 4.57 Å². The van der Waals surface area contributed by atoms with Crippen LogP contribution in [0.4, 0.5) is 0 Å². The fourth-order valence-electron chi connectivity index (χ4n) is 3.63. The first-order chi connectivity index (χ1) is 14.8. The summed E-state index contributed by atoms with van der Waals surface area (Å²) in [6.45, 7) is 3.99. The van der Waals surface area contributed by atoms with Crippen molar-refractivity contribution in [2.24, 2.45) is 7.05 Å². The second-order valence-electron chi connectivity index (χ2n) is 7.69. The second kappa shape index (κ2) is 8.00. The molecule has 0 fully saturated rings. The highest BCUT2D eigenvalue weighted by atomic mass is 35.5. The number of aryl methyl sites for hydroxylation is 1. The highest BCUT2D eigenvalue weighted by molar-refractivity contribution is 6.30. The van der Waals surface area contributed by atoms with Crippen LogP contribution in [0.3, 0.4) is 0 Å². The Kier molecular flexibility index (Phi) is 5.37. The monoisotopic (exact) mass is 436 g/mol. The molecule has 0 bridgehead atoms. The Morgan fingerprint density at radius 1 is 1.00 bits per heavy atom. The van der Waals surface area contributed by atoms with Crippen molar-refractivity contribution in [3.63, 3.8) is 0 Å². The van der Waals surface area contributed by atoms with Crippen LogP contribution in [-0.4, -0.2) is 24.5 Å². The summed E-state index contributed by atoms with van der Waals surface area (Å²) in [5.74, 6) is -0.0899. The van der Waals surface area contributed by atoms with Gasteiger partial charge in [0.15, 0.2) is 11.3 Å². The van der Waals surface area contributed by atoms with E-state index in [4.69, 9.17) is 11.6 Å². The standard InChI is InChI=1S/C23H21ClN4O3/c1-14(2)28-22(30)19-21(26(3)23(28)31)27(13-25-19)12-15-4-6-16(7-5-15)20(29)17-8-10-18(24)11-9-17/h4-11,13-14H,12H2,1-3H3. The second-order valence-corrected chi connectivity index (χ2v) is 8.12. The van der Waals surface area contributed by atoms with Crippen LogP contribution in [0.2, 0.25) is 5.02 Å². The van der Waals surface area contributed by atoms with E-state index in [-0.39, 0.29) is 23.0 Å². The van der Waals surface area contributed by atoms with Crippen molar-refractivity contribution >= 4 is 28.5 Å². The van der Waals surface area contributed by atoms with E-state index in [2.05, 4.69) is 4.98 Å². The van der Waals surface area contributed by atoms with Gasteiger partial charge in [0.05, 0.1) is 12.9 Å². The molecule has 31 heavy (non-hydrogen) atoms. The van der Waals surface area contributed by atoms with Crippen LogP contribution in [0.1, 0.15) is 41.4 Å². The smallest absolute Gasteiger partial charge is 0.312 e. The average molecular weight is 437 g/mol. The molecule has 158 valence electrons. The lowest BCUT2D eigenvalue weighted by Crippen LogP contribution is -2.40. The Labute approximate surface area is 183 Å². The van der Waals surface area contributed by atoms with E-state index in [0.29, 0.717) is 28.3 Å². The number of nitrogens with zero attached hydrogens (tertiary/aromatic N) is 4. The summed E-state index contributed by atoms with van der Waals surface area (Å²) in [6, 6.07) is 13.7. The lowest BCUT2D eigenvalue weighted by Gasteiger charge is -2.13. The molecule has 2 aromatic heterocycles. The number of ketones is 1. The minimum absolute atomic E-state index is 0.0899. The molecule has 4 aromatic rings. The van der Waals surface area contributed by atoms with E-state index >= 15 is 0 Å². The predicted molar refractivity (Wildman–Crippen MR) is 120 cm³/mol. The summed E-state index contributed by atoms with van der Waals surface area (Å²) in [4.78, 5) is 42.3. The van der Waals surface area contributed by atoms with Gasteiger partial charge in [0.1, 0.15) is 5.65 Å². The molecule has 2 heterocycles. The molecule has 0 spiro atoms. The van der Waals surface area contributed by atoms with Gasteiger partial charge >= 0.3 is 5.69 Å². The lowest BCUT2D eigenvalue weighted by molar-refractivity contribution is 0.103. The molecule has 2 aromatic carbocycles. The van der Waals surface area contributed by atoms with Gasteiger partial charge in [-0.05, 0) is 43.7 Å². The lowest BCUT2D eigenvalue weighted by atomic mass is 10.0. The van der Waals surface area contributed by atoms with Crippen molar-refractivity contribution in [1.29, 1.82) is 0 Å². The molecule has 0 saturated heterocycles. The zero-order valence-electron chi connectivity index (χ0n) is 17.4. The van der Waals surface area contributed by atoms with Crippen molar-refractivity contribution in [3.05, 3.63) is 97.4 Å². The van der Waals surface area contributed by atoms with E-state index in [1.807, 2.05) is 12.1 Å². The Balaban J connectivity index is 1.66. The Morgan fingerprint density at radius 2 is 1.58 bits per heavy atom. The molecule has 0 radical (unpaired) electrons. The minimum Gasteiger partial charge on any atom is -0.312 e. The normalized spacial score (nSPS) is 11.4. The Morgan fingerprint density at radius 3 is 2.16 bits per heavy atom. The van der Waals surface area contributed by atoms with Crippen LogP contribution in [0.5, 0.6) is 0 Å². The van der Waals surface area contributed by atoms with Crippen molar-refractivity contribution in [3.8, 4) is 0 Å². The molecule has 0 atom stereocenters. The topological polar surface area (TPSA) is 78.9 Å². The van der Waals surface area contributed by atoms with Crippen LogP contribution in [-0.2, 0) is 13.6 Å². The first kappa shape index (κ1) is 20.8. The predicted octanol–water partition coefficient (Wildman–Crippen LogP) is 3.41. The zero-order chi connectivity index (χ0) is 22.3. The van der Waals surface area contributed by atoms with E-state index in [0.717, 1.165) is 5.56 Å². The number of benzene rings is 2. The third-order valence-corrected chi connectivity index (χ3v) is 5.49. The van der Waals surface area contributed by atoms with Gasteiger partial charge in [0.25, 0.3) is 5.56 Å². The maximum absolute atomic E-state index is 12.7. The summed E-state index contributed by atoms with van der Waals surface area (Å²) in [6.07, 6.45) is 1.56. The average Bonchev–Trinajstić information content (AvgIpc) is 3.16. The van der Waals surface area contributed by atoms with Crippen molar-refractivity contribution in [2.75, 3.05) is 0 Å². The number of halogens is 1. The van der Waals surface area contributed by atoms with Crippen LogP contribution < -0.4 is 11.2 Å². The molecule has 0 aliphatic carbocycles. The van der Waals surface area contributed by atoms with Crippen molar-refractivity contribution < 1.29 is 4.79 Å². The van der Waals surface area contributed by atoms with Gasteiger partial charge in [0, 0.05) is 29.2 Å². The van der Waals surface area contributed by atoms with Crippen molar-refractivity contribution in [2.45, 2.75) is 26.4 Å². The molecule has 4 rings (SSSR count). The molecule has 0 saturated carbocycles. The fourth-order valence-corrected chi connectivity index (χ4v) is 3.75. The molecule has 0 aliphatic heterocycles. The van der Waals surface area contributed by atoms with Gasteiger partial charge in [-0.2, -0.15) is 0 Å². The third kappa shape index (κ3) is 3.72. The quantitative estimate of drug-likeness (QED) is 0.449. The number of rotatable bonds is 5. The number of carbonyl (C=O) groups excluding carboxylic acids is 1. The largest absolute Gasteiger partial charge is 0.332 e. The minimum atomic E-state index is -0.393. The fraction of sp³-hybridized carbons (Fsp3) is 0.217. The SMILES string of the molecule is CC(C)n1c(=O)c2ncn(Cc3ccc(C(=O)c4ccc(Cl)cc4)cc3)c2n(C)c1=O. The number of fused-ring (bicyclic) bond motifs is 1.